The van der Waals surface area contributed by atoms with E-state index < -0.39 is 6.10 Å². The molecule has 3 aromatic carbocycles. The van der Waals surface area contributed by atoms with Crippen molar-refractivity contribution in [1.29, 1.82) is 0 Å². The largest absolute Gasteiger partial charge is 0.491 e. The Morgan fingerprint density at radius 3 is 2.48 bits per heavy atom. The maximum atomic E-state index is 10.4. The summed E-state index contributed by atoms with van der Waals surface area (Å²) in [6, 6.07) is 20.5. The number of fused-ring (bicyclic) bond motifs is 1. The van der Waals surface area contributed by atoms with Crippen LogP contribution in [-0.2, 0) is 0 Å². The number of aryl methyl sites for hydroxylation is 1. The number of β-amino-alcohol motifs (C(OH)–C–C–N with tert-alkyl or cyclic N) is 1. The predicted molar refractivity (Wildman–Crippen MR) is 120 cm³/mol. The number of benzene rings is 3. The maximum absolute atomic E-state index is 10.4. The third kappa shape index (κ3) is 5.02. The first kappa shape index (κ1) is 20.0. The first-order valence-corrected chi connectivity index (χ1v) is 10.5. The zero-order valence-corrected chi connectivity index (χ0v) is 17.5. The molecule has 1 aliphatic heterocycles. The van der Waals surface area contributed by atoms with Crippen LogP contribution in [0.15, 0.2) is 60.7 Å². The lowest BCUT2D eigenvalue weighted by Crippen LogP contribution is -2.49. The summed E-state index contributed by atoms with van der Waals surface area (Å²) in [6.07, 6.45) is -0.512. The van der Waals surface area contributed by atoms with E-state index in [9.17, 15) is 5.11 Å². The van der Waals surface area contributed by atoms with E-state index in [1.165, 1.54) is 11.1 Å². The molecule has 152 valence electrons. The van der Waals surface area contributed by atoms with Crippen molar-refractivity contribution >= 4 is 28.1 Å². The van der Waals surface area contributed by atoms with Crippen LogP contribution in [-0.4, -0.2) is 55.4 Å². The second kappa shape index (κ2) is 9.04. The predicted octanol–water partition coefficient (Wildman–Crippen LogP) is 4.36. The van der Waals surface area contributed by atoms with Crippen molar-refractivity contribution < 1.29 is 9.84 Å². The van der Waals surface area contributed by atoms with E-state index in [4.69, 9.17) is 16.3 Å². The first-order valence-electron chi connectivity index (χ1n) is 10.1. The number of nitrogens with zero attached hydrogens (tertiary/aromatic N) is 2. The molecule has 0 saturated carbocycles. The number of piperazine rings is 1. The van der Waals surface area contributed by atoms with Gasteiger partial charge in [0.25, 0.3) is 0 Å². The number of hydrogen-bond donors (Lipinski definition) is 1. The zero-order valence-electron chi connectivity index (χ0n) is 16.7. The zero-order chi connectivity index (χ0) is 20.2. The molecule has 1 unspecified atom stereocenters. The van der Waals surface area contributed by atoms with Gasteiger partial charge in [0, 0.05) is 43.4 Å². The van der Waals surface area contributed by atoms with Gasteiger partial charge in [0.15, 0.2) is 0 Å². The number of ether oxygens (including phenoxy) is 1. The minimum atomic E-state index is -0.512. The normalized spacial score (nSPS) is 16.2. The molecule has 1 fully saturated rings. The Hall–Kier alpha value is -2.27. The standard InChI is InChI=1S/C24H27ClN2O2/c1-18-6-8-21(15-24(18)25)27-12-10-26(11-13-27)16-22(28)17-29-23-9-7-19-4-2-3-5-20(19)14-23/h2-9,14-15,22,28H,10-13,16-17H2,1H3. The van der Waals surface area contributed by atoms with Crippen LogP contribution in [0.4, 0.5) is 5.69 Å². The second-order valence-electron chi connectivity index (χ2n) is 7.69. The van der Waals surface area contributed by atoms with Gasteiger partial charge in [0.05, 0.1) is 0 Å². The molecule has 29 heavy (non-hydrogen) atoms. The minimum Gasteiger partial charge on any atom is -0.491 e. The molecule has 0 aliphatic carbocycles. The van der Waals surface area contributed by atoms with Crippen molar-refractivity contribution in [2.75, 3.05) is 44.2 Å². The number of anilines is 1. The number of halogens is 1. The maximum Gasteiger partial charge on any atom is 0.120 e. The van der Waals surface area contributed by atoms with Crippen molar-refractivity contribution in [2.24, 2.45) is 0 Å². The molecule has 0 spiro atoms. The summed E-state index contributed by atoms with van der Waals surface area (Å²) in [6.45, 7) is 6.62. The highest BCUT2D eigenvalue weighted by Gasteiger charge is 2.20. The van der Waals surface area contributed by atoms with Crippen LogP contribution in [0.25, 0.3) is 10.8 Å². The average Bonchev–Trinajstić information content (AvgIpc) is 2.75. The lowest BCUT2D eigenvalue weighted by Gasteiger charge is -2.37. The van der Waals surface area contributed by atoms with Crippen molar-refractivity contribution in [3.8, 4) is 5.75 Å². The van der Waals surface area contributed by atoms with Crippen molar-refractivity contribution in [3.63, 3.8) is 0 Å². The topological polar surface area (TPSA) is 35.9 Å². The van der Waals surface area contributed by atoms with Gasteiger partial charge in [-0.25, -0.2) is 0 Å². The average molecular weight is 411 g/mol. The molecule has 0 aromatic heterocycles. The van der Waals surface area contributed by atoms with Crippen LogP contribution in [0.1, 0.15) is 5.56 Å². The highest BCUT2D eigenvalue weighted by atomic mass is 35.5. The molecule has 1 aliphatic rings. The highest BCUT2D eigenvalue weighted by molar-refractivity contribution is 6.31. The summed E-state index contributed by atoms with van der Waals surface area (Å²) in [4.78, 5) is 4.64. The Morgan fingerprint density at radius 2 is 1.72 bits per heavy atom. The summed E-state index contributed by atoms with van der Waals surface area (Å²) in [5.74, 6) is 0.795. The van der Waals surface area contributed by atoms with Gasteiger partial charge in [-0.2, -0.15) is 0 Å². The molecule has 0 radical (unpaired) electrons. The van der Waals surface area contributed by atoms with Crippen LogP contribution in [0.2, 0.25) is 5.02 Å². The molecule has 1 N–H and O–H groups in total. The molecule has 4 rings (SSSR count). The molecule has 1 atom stereocenters. The van der Waals surface area contributed by atoms with Gasteiger partial charge in [-0.05, 0) is 47.5 Å². The summed E-state index contributed by atoms with van der Waals surface area (Å²) in [5.41, 5.74) is 2.27. The molecule has 3 aromatic rings. The third-order valence-electron chi connectivity index (χ3n) is 5.53. The van der Waals surface area contributed by atoms with E-state index in [1.54, 1.807) is 0 Å². The van der Waals surface area contributed by atoms with Crippen LogP contribution in [0.3, 0.4) is 0 Å². The Balaban J connectivity index is 1.25. The van der Waals surface area contributed by atoms with Crippen LogP contribution in [0.5, 0.6) is 5.75 Å². The van der Waals surface area contributed by atoms with Gasteiger partial charge in [-0.1, -0.05) is 48.0 Å². The Kier molecular flexibility index (Phi) is 6.24. The Bertz CT molecular complexity index is 970. The van der Waals surface area contributed by atoms with Gasteiger partial charge < -0.3 is 14.7 Å². The first-order chi connectivity index (χ1) is 14.1. The van der Waals surface area contributed by atoms with Crippen LogP contribution >= 0.6 is 11.6 Å². The van der Waals surface area contributed by atoms with Gasteiger partial charge in [0.1, 0.15) is 18.5 Å². The molecule has 0 bridgehead atoms. The van der Waals surface area contributed by atoms with Crippen molar-refractivity contribution in [1.82, 2.24) is 4.90 Å². The number of aliphatic hydroxyl groups is 1. The quantitative estimate of drug-likeness (QED) is 0.654. The van der Waals surface area contributed by atoms with E-state index in [0.717, 1.165) is 47.9 Å². The van der Waals surface area contributed by atoms with Crippen LogP contribution < -0.4 is 9.64 Å². The molecule has 0 amide bonds. The van der Waals surface area contributed by atoms with Crippen molar-refractivity contribution in [3.05, 3.63) is 71.2 Å². The van der Waals surface area contributed by atoms with E-state index in [-0.39, 0.29) is 0 Å². The summed E-state index contributed by atoms with van der Waals surface area (Å²) < 4.78 is 5.83. The Labute approximate surface area is 177 Å². The smallest absolute Gasteiger partial charge is 0.120 e. The van der Waals surface area contributed by atoms with Crippen LogP contribution in [0, 0.1) is 6.92 Å². The SMILES string of the molecule is Cc1ccc(N2CCN(CC(O)COc3ccc4ccccc4c3)CC2)cc1Cl. The van der Waals surface area contributed by atoms with Gasteiger partial charge in [0.2, 0.25) is 0 Å². The monoisotopic (exact) mass is 410 g/mol. The Morgan fingerprint density at radius 1 is 0.966 bits per heavy atom. The van der Waals surface area contributed by atoms with Gasteiger partial charge >= 0.3 is 0 Å². The van der Waals surface area contributed by atoms with E-state index in [0.29, 0.717) is 13.2 Å². The van der Waals surface area contributed by atoms with E-state index >= 15 is 0 Å². The van der Waals surface area contributed by atoms with Crippen molar-refractivity contribution in [2.45, 2.75) is 13.0 Å². The molecule has 1 saturated heterocycles. The third-order valence-corrected chi connectivity index (χ3v) is 5.93. The summed E-state index contributed by atoms with van der Waals surface area (Å²) in [5, 5.41) is 13.6. The van der Waals surface area contributed by atoms with E-state index in [2.05, 4.69) is 34.1 Å². The number of aliphatic hydroxyl groups excluding tert-OH is 1. The summed E-state index contributed by atoms with van der Waals surface area (Å²) in [7, 11) is 0. The molecule has 5 heteroatoms. The molecular weight excluding hydrogens is 384 g/mol. The molecule has 4 nitrogen and oxygen atoms in total. The molecule has 1 heterocycles. The minimum absolute atomic E-state index is 0.298. The fraction of sp³-hybridized carbons (Fsp3) is 0.333. The molecular formula is C24H27ClN2O2. The summed E-state index contributed by atoms with van der Waals surface area (Å²) >= 11 is 6.26. The lowest BCUT2D eigenvalue weighted by atomic mass is 10.1. The lowest BCUT2D eigenvalue weighted by molar-refractivity contribution is 0.0663. The number of hydrogen-bond acceptors (Lipinski definition) is 4. The fourth-order valence-electron chi connectivity index (χ4n) is 3.77. The van der Waals surface area contributed by atoms with Gasteiger partial charge in [-0.15, -0.1) is 0 Å². The fourth-order valence-corrected chi connectivity index (χ4v) is 3.94. The number of rotatable bonds is 6. The van der Waals surface area contributed by atoms with E-state index in [1.807, 2.05) is 43.3 Å². The highest BCUT2D eigenvalue weighted by Crippen LogP contribution is 2.24. The van der Waals surface area contributed by atoms with Gasteiger partial charge in [-0.3, -0.25) is 4.90 Å². The second-order valence-corrected chi connectivity index (χ2v) is 8.10.